The Bertz CT molecular complexity index is 703. The molecule has 0 spiro atoms. The van der Waals surface area contributed by atoms with Gasteiger partial charge in [0.25, 0.3) is 0 Å². The van der Waals surface area contributed by atoms with Crippen LogP contribution >= 0.6 is 0 Å². The zero-order chi connectivity index (χ0) is 19.1. The molecule has 3 heteroatoms. The second-order valence-electron chi connectivity index (χ2n) is 7.82. The van der Waals surface area contributed by atoms with E-state index in [2.05, 4.69) is 19.1 Å². The van der Waals surface area contributed by atoms with Gasteiger partial charge in [0.1, 0.15) is 12.4 Å². The zero-order valence-corrected chi connectivity index (χ0v) is 16.2. The highest BCUT2D eigenvalue weighted by Gasteiger charge is 2.22. The van der Waals surface area contributed by atoms with Crippen LogP contribution in [0.1, 0.15) is 75.3 Å². The van der Waals surface area contributed by atoms with Crippen LogP contribution in [0.4, 0.5) is 8.78 Å². The van der Waals surface area contributed by atoms with Crippen LogP contribution in [0.2, 0.25) is 0 Å². The highest BCUT2D eigenvalue weighted by molar-refractivity contribution is 5.30. The first-order chi connectivity index (χ1) is 13.2. The van der Waals surface area contributed by atoms with Crippen LogP contribution in [0.15, 0.2) is 42.5 Å². The van der Waals surface area contributed by atoms with Crippen molar-refractivity contribution in [2.24, 2.45) is 5.92 Å². The third-order valence-corrected chi connectivity index (χ3v) is 5.80. The Morgan fingerprint density at radius 3 is 2.30 bits per heavy atom. The highest BCUT2D eigenvalue weighted by Crippen LogP contribution is 2.38. The van der Waals surface area contributed by atoms with Gasteiger partial charge in [-0.05, 0) is 72.9 Å². The minimum Gasteiger partial charge on any atom is -0.489 e. The minimum atomic E-state index is -0.836. The summed E-state index contributed by atoms with van der Waals surface area (Å²) in [4.78, 5) is 0. The van der Waals surface area contributed by atoms with Gasteiger partial charge in [-0.25, -0.2) is 8.78 Å². The van der Waals surface area contributed by atoms with E-state index < -0.39 is 11.6 Å². The molecule has 0 N–H and O–H groups in total. The summed E-state index contributed by atoms with van der Waals surface area (Å²) in [5.74, 6) is 0.677. The van der Waals surface area contributed by atoms with E-state index in [1.54, 1.807) is 6.07 Å². The molecule has 0 amide bonds. The summed E-state index contributed by atoms with van der Waals surface area (Å²) in [6.45, 7) is 2.50. The lowest BCUT2D eigenvalue weighted by Crippen LogP contribution is -2.13. The quantitative estimate of drug-likeness (QED) is 0.439. The van der Waals surface area contributed by atoms with Gasteiger partial charge in [-0.3, -0.25) is 0 Å². The molecule has 1 aliphatic rings. The van der Waals surface area contributed by atoms with E-state index in [0.29, 0.717) is 11.5 Å². The molecule has 0 heterocycles. The summed E-state index contributed by atoms with van der Waals surface area (Å²) in [6, 6.07) is 12.2. The average Bonchev–Trinajstić information content (AvgIpc) is 2.70. The minimum absolute atomic E-state index is 0.236. The Morgan fingerprint density at radius 2 is 1.63 bits per heavy atom. The summed E-state index contributed by atoms with van der Waals surface area (Å²) >= 11 is 0. The number of ether oxygens (including phenoxy) is 1. The predicted octanol–water partition coefficient (Wildman–Crippen LogP) is 7.40. The second kappa shape index (κ2) is 9.87. The van der Waals surface area contributed by atoms with Gasteiger partial charge in [0.2, 0.25) is 0 Å². The Balaban J connectivity index is 1.47. The summed E-state index contributed by atoms with van der Waals surface area (Å²) in [6.07, 6.45) is 10.7. The van der Waals surface area contributed by atoms with Gasteiger partial charge < -0.3 is 4.74 Å². The van der Waals surface area contributed by atoms with E-state index in [-0.39, 0.29) is 6.61 Å². The van der Waals surface area contributed by atoms with Gasteiger partial charge in [-0.2, -0.15) is 0 Å². The van der Waals surface area contributed by atoms with Crippen LogP contribution < -0.4 is 4.74 Å². The van der Waals surface area contributed by atoms with Gasteiger partial charge in [0, 0.05) is 0 Å². The van der Waals surface area contributed by atoms with E-state index in [1.807, 2.05) is 12.1 Å². The average molecular weight is 372 g/mol. The van der Waals surface area contributed by atoms with Gasteiger partial charge >= 0.3 is 0 Å². The van der Waals surface area contributed by atoms with Crippen molar-refractivity contribution < 1.29 is 13.5 Å². The van der Waals surface area contributed by atoms with Crippen LogP contribution in [0, 0.1) is 17.6 Å². The van der Waals surface area contributed by atoms with Crippen LogP contribution in [0.25, 0.3) is 0 Å². The molecular weight excluding hydrogens is 342 g/mol. The fourth-order valence-electron chi connectivity index (χ4n) is 4.10. The van der Waals surface area contributed by atoms with Crippen molar-refractivity contribution in [1.82, 2.24) is 0 Å². The molecule has 27 heavy (non-hydrogen) atoms. The Labute approximate surface area is 161 Å². The fourth-order valence-corrected chi connectivity index (χ4v) is 4.10. The normalized spacial score (nSPS) is 19.8. The third-order valence-electron chi connectivity index (χ3n) is 5.80. The zero-order valence-electron chi connectivity index (χ0n) is 16.2. The first kappa shape index (κ1) is 19.9. The summed E-state index contributed by atoms with van der Waals surface area (Å²) in [7, 11) is 0. The molecule has 0 saturated heterocycles. The SMILES string of the molecule is CCCCCC1CCC(c2ccc(OCc3ccc(F)c(F)c3)cc2)CC1. The molecule has 0 aromatic heterocycles. The highest BCUT2D eigenvalue weighted by atomic mass is 19.2. The van der Waals surface area contributed by atoms with Gasteiger partial charge in [-0.15, -0.1) is 0 Å². The first-order valence-electron chi connectivity index (χ1n) is 10.3. The van der Waals surface area contributed by atoms with Crippen molar-refractivity contribution in [2.75, 3.05) is 0 Å². The van der Waals surface area contributed by atoms with Gasteiger partial charge in [0.15, 0.2) is 11.6 Å². The second-order valence-corrected chi connectivity index (χ2v) is 7.82. The van der Waals surface area contributed by atoms with Crippen LogP contribution in [0.3, 0.4) is 0 Å². The molecule has 2 aromatic rings. The standard InChI is InChI=1S/C24H30F2O/c1-2-3-4-5-18-6-9-20(10-7-18)21-11-13-22(14-12-21)27-17-19-8-15-23(25)24(26)16-19/h8,11-16,18,20H,2-7,9-10,17H2,1H3. The maximum absolute atomic E-state index is 13.2. The molecule has 146 valence electrons. The molecule has 0 bridgehead atoms. The summed E-state index contributed by atoms with van der Waals surface area (Å²) in [5, 5.41) is 0. The molecule has 1 nitrogen and oxygen atoms in total. The van der Waals surface area contributed by atoms with E-state index in [1.165, 1.54) is 63.0 Å². The van der Waals surface area contributed by atoms with Crippen molar-refractivity contribution in [2.45, 2.75) is 70.8 Å². The lowest BCUT2D eigenvalue weighted by Gasteiger charge is -2.29. The molecule has 2 aromatic carbocycles. The molecule has 1 aliphatic carbocycles. The van der Waals surface area contributed by atoms with Crippen LogP contribution in [-0.4, -0.2) is 0 Å². The molecule has 0 atom stereocenters. The monoisotopic (exact) mass is 372 g/mol. The Kier molecular flexibility index (Phi) is 7.25. The van der Waals surface area contributed by atoms with Crippen LogP contribution in [-0.2, 0) is 6.61 Å². The molecule has 3 rings (SSSR count). The molecule has 0 radical (unpaired) electrons. The fraction of sp³-hybridized carbons (Fsp3) is 0.500. The molecule has 1 saturated carbocycles. The molecule has 1 fully saturated rings. The molecule has 0 aliphatic heterocycles. The van der Waals surface area contributed by atoms with E-state index in [0.717, 1.165) is 17.7 Å². The largest absolute Gasteiger partial charge is 0.489 e. The lowest BCUT2D eigenvalue weighted by molar-refractivity contribution is 0.299. The molecule has 0 unspecified atom stereocenters. The number of rotatable bonds is 8. The maximum atomic E-state index is 13.2. The lowest BCUT2D eigenvalue weighted by atomic mass is 9.77. The van der Waals surface area contributed by atoms with E-state index in [4.69, 9.17) is 4.74 Å². The number of unbranched alkanes of at least 4 members (excludes halogenated alkanes) is 2. The van der Waals surface area contributed by atoms with Crippen molar-refractivity contribution >= 4 is 0 Å². The van der Waals surface area contributed by atoms with Crippen molar-refractivity contribution in [3.05, 3.63) is 65.2 Å². The first-order valence-corrected chi connectivity index (χ1v) is 10.3. The maximum Gasteiger partial charge on any atom is 0.159 e. The van der Waals surface area contributed by atoms with Crippen molar-refractivity contribution in [1.29, 1.82) is 0 Å². The van der Waals surface area contributed by atoms with Crippen molar-refractivity contribution in [3.8, 4) is 5.75 Å². The van der Waals surface area contributed by atoms with E-state index in [9.17, 15) is 8.78 Å². The Hall–Kier alpha value is -1.90. The Morgan fingerprint density at radius 1 is 0.889 bits per heavy atom. The van der Waals surface area contributed by atoms with E-state index >= 15 is 0 Å². The van der Waals surface area contributed by atoms with Crippen molar-refractivity contribution in [3.63, 3.8) is 0 Å². The third kappa shape index (κ3) is 5.79. The smallest absolute Gasteiger partial charge is 0.159 e. The number of benzene rings is 2. The summed E-state index contributed by atoms with van der Waals surface area (Å²) < 4.78 is 31.9. The topological polar surface area (TPSA) is 9.23 Å². The number of halogens is 2. The molecular formula is C24H30F2O. The predicted molar refractivity (Wildman–Crippen MR) is 106 cm³/mol. The van der Waals surface area contributed by atoms with Gasteiger partial charge in [-0.1, -0.05) is 50.8 Å². The van der Waals surface area contributed by atoms with Crippen LogP contribution in [0.5, 0.6) is 5.75 Å². The number of hydrogen-bond donors (Lipinski definition) is 0. The van der Waals surface area contributed by atoms with Gasteiger partial charge in [0.05, 0.1) is 0 Å². The summed E-state index contributed by atoms with van der Waals surface area (Å²) in [5.41, 5.74) is 2.02. The number of hydrogen-bond acceptors (Lipinski definition) is 1.